The number of amides is 2. The molecule has 1 aliphatic carbocycles. The molecule has 2 amide bonds. The van der Waals surface area contributed by atoms with E-state index in [1.54, 1.807) is 17.0 Å². The molecule has 120 valence electrons. The molecule has 1 aliphatic heterocycles. The van der Waals surface area contributed by atoms with Crippen LogP contribution in [0.2, 0.25) is 0 Å². The highest BCUT2D eigenvalue weighted by atomic mass is 35.5. The first-order chi connectivity index (χ1) is 10.1. The van der Waals surface area contributed by atoms with Gasteiger partial charge in [-0.25, -0.2) is 0 Å². The monoisotopic (exact) mass is 323 g/mol. The van der Waals surface area contributed by atoms with Crippen LogP contribution in [0.1, 0.15) is 41.6 Å². The molecule has 1 unspecified atom stereocenters. The Morgan fingerprint density at radius 1 is 1.27 bits per heavy atom. The molecular weight excluding hydrogens is 302 g/mol. The van der Waals surface area contributed by atoms with Crippen molar-refractivity contribution in [1.82, 2.24) is 10.2 Å². The van der Waals surface area contributed by atoms with Gasteiger partial charge in [0.15, 0.2) is 0 Å². The molecule has 0 spiro atoms. The Hall–Kier alpha value is -1.75. The topological polar surface area (TPSA) is 75.4 Å². The number of benzene rings is 1. The van der Waals surface area contributed by atoms with Gasteiger partial charge in [-0.1, -0.05) is 6.07 Å². The maximum absolute atomic E-state index is 12.7. The number of hydrogen-bond donors (Lipinski definition) is 2. The predicted molar refractivity (Wildman–Crippen MR) is 88.1 cm³/mol. The van der Waals surface area contributed by atoms with E-state index in [9.17, 15) is 9.59 Å². The van der Waals surface area contributed by atoms with E-state index in [0.29, 0.717) is 23.8 Å². The molecule has 0 aromatic heterocycles. The van der Waals surface area contributed by atoms with Crippen molar-refractivity contribution < 1.29 is 9.59 Å². The number of carbonyl (C=O) groups is 2. The van der Waals surface area contributed by atoms with Crippen LogP contribution in [0.5, 0.6) is 0 Å². The SMILES string of the molecule is Cc1ccc(N)cc1C(=O)N1CCCC1C(=O)NC1CC1.Cl. The van der Waals surface area contributed by atoms with Crippen LogP contribution < -0.4 is 11.1 Å². The zero-order valence-corrected chi connectivity index (χ0v) is 13.5. The van der Waals surface area contributed by atoms with E-state index >= 15 is 0 Å². The summed E-state index contributed by atoms with van der Waals surface area (Å²) >= 11 is 0. The number of likely N-dealkylation sites (tertiary alicyclic amines) is 1. The fourth-order valence-electron chi connectivity index (χ4n) is 2.83. The second-order valence-corrected chi connectivity index (χ2v) is 6.01. The fraction of sp³-hybridized carbons (Fsp3) is 0.500. The number of nitrogen functional groups attached to an aromatic ring is 1. The van der Waals surface area contributed by atoms with Gasteiger partial charge >= 0.3 is 0 Å². The summed E-state index contributed by atoms with van der Waals surface area (Å²) in [5, 5.41) is 3.00. The lowest BCUT2D eigenvalue weighted by molar-refractivity contribution is -0.125. The molecule has 1 aromatic rings. The van der Waals surface area contributed by atoms with E-state index in [2.05, 4.69) is 5.32 Å². The second-order valence-electron chi connectivity index (χ2n) is 6.01. The molecule has 1 saturated heterocycles. The highest BCUT2D eigenvalue weighted by Gasteiger charge is 2.37. The van der Waals surface area contributed by atoms with Crippen molar-refractivity contribution in [2.75, 3.05) is 12.3 Å². The lowest BCUT2D eigenvalue weighted by atomic mass is 10.1. The molecule has 2 aliphatic rings. The molecule has 0 bridgehead atoms. The summed E-state index contributed by atoms with van der Waals surface area (Å²) < 4.78 is 0. The summed E-state index contributed by atoms with van der Waals surface area (Å²) in [5.74, 6) is -0.0989. The van der Waals surface area contributed by atoms with Crippen molar-refractivity contribution in [1.29, 1.82) is 0 Å². The standard InChI is InChI=1S/C16H21N3O2.ClH/c1-10-4-5-11(17)9-13(10)16(21)19-8-2-3-14(19)15(20)18-12-6-7-12;/h4-5,9,12,14H,2-3,6-8,17H2,1H3,(H,18,20);1H. The number of nitrogens with zero attached hydrogens (tertiary/aromatic N) is 1. The first-order valence-corrected chi connectivity index (χ1v) is 7.54. The van der Waals surface area contributed by atoms with E-state index in [-0.39, 0.29) is 30.3 Å². The minimum Gasteiger partial charge on any atom is -0.399 e. The van der Waals surface area contributed by atoms with Crippen LogP contribution in [0.25, 0.3) is 0 Å². The molecule has 22 heavy (non-hydrogen) atoms. The number of nitrogens with two attached hydrogens (primary N) is 1. The third-order valence-corrected chi connectivity index (χ3v) is 4.23. The average molecular weight is 324 g/mol. The van der Waals surface area contributed by atoms with Crippen molar-refractivity contribution in [2.45, 2.75) is 44.7 Å². The lowest BCUT2D eigenvalue weighted by Gasteiger charge is -2.24. The van der Waals surface area contributed by atoms with Crippen LogP contribution >= 0.6 is 12.4 Å². The number of rotatable bonds is 3. The molecule has 1 heterocycles. The Labute approximate surface area is 136 Å². The highest BCUT2D eigenvalue weighted by molar-refractivity contribution is 5.99. The number of halogens is 1. The third-order valence-electron chi connectivity index (χ3n) is 4.23. The second kappa shape index (κ2) is 6.57. The van der Waals surface area contributed by atoms with Crippen molar-refractivity contribution >= 4 is 29.9 Å². The summed E-state index contributed by atoms with van der Waals surface area (Å²) in [5.41, 5.74) is 7.84. The number of hydrogen-bond acceptors (Lipinski definition) is 3. The smallest absolute Gasteiger partial charge is 0.254 e. The number of carbonyl (C=O) groups excluding carboxylic acids is 2. The molecule has 0 radical (unpaired) electrons. The minimum atomic E-state index is -0.334. The van der Waals surface area contributed by atoms with E-state index in [0.717, 1.165) is 31.2 Å². The van der Waals surface area contributed by atoms with Crippen molar-refractivity contribution in [3.05, 3.63) is 29.3 Å². The quantitative estimate of drug-likeness (QED) is 0.834. The maximum Gasteiger partial charge on any atom is 0.254 e. The number of nitrogens with one attached hydrogen (secondary N) is 1. The maximum atomic E-state index is 12.7. The summed E-state index contributed by atoms with van der Waals surface area (Å²) in [6.45, 7) is 2.53. The molecule has 1 atom stereocenters. The normalized spacial score (nSPS) is 20.4. The number of anilines is 1. The van der Waals surface area contributed by atoms with Gasteiger partial charge in [-0.05, 0) is 50.3 Å². The van der Waals surface area contributed by atoms with E-state index in [4.69, 9.17) is 5.73 Å². The Morgan fingerprint density at radius 2 is 2.00 bits per heavy atom. The first-order valence-electron chi connectivity index (χ1n) is 7.54. The lowest BCUT2D eigenvalue weighted by Crippen LogP contribution is -2.46. The van der Waals surface area contributed by atoms with Gasteiger partial charge in [0, 0.05) is 23.8 Å². The largest absolute Gasteiger partial charge is 0.399 e. The van der Waals surface area contributed by atoms with E-state index in [1.807, 2.05) is 13.0 Å². The highest BCUT2D eigenvalue weighted by Crippen LogP contribution is 2.25. The van der Waals surface area contributed by atoms with Gasteiger partial charge in [-0.2, -0.15) is 0 Å². The van der Waals surface area contributed by atoms with Crippen LogP contribution in [-0.4, -0.2) is 35.3 Å². The van der Waals surface area contributed by atoms with Crippen molar-refractivity contribution in [2.24, 2.45) is 0 Å². The van der Waals surface area contributed by atoms with Gasteiger partial charge in [0.05, 0.1) is 0 Å². The van der Waals surface area contributed by atoms with Gasteiger partial charge < -0.3 is 16.0 Å². The summed E-state index contributed by atoms with van der Waals surface area (Å²) in [7, 11) is 0. The minimum absolute atomic E-state index is 0. The van der Waals surface area contributed by atoms with Gasteiger partial charge in [0.2, 0.25) is 5.91 Å². The van der Waals surface area contributed by atoms with Crippen LogP contribution in [0.3, 0.4) is 0 Å². The van der Waals surface area contributed by atoms with E-state index in [1.165, 1.54) is 0 Å². The Kier molecular flexibility index (Phi) is 4.96. The summed E-state index contributed by atoms with van der Waals surface area (Å²) in [4.78, 5) is 26.7. The molecule has 3 N–H and O–H groups in total. The van der Waals surface area contributed by atoms with Crippen molar-refractivity contribution in [3.63, 3.8) is 0 Å². The molecule has 3 rings (SSSR count). The van der Waals surface area contributed by atoms with Crippen LogP contribution in [-0.2, 0) is 4.79 Å². The first kappa shape index (κ1) is 16.6. The third kappa shape index (κ3) is 3.35. The zero-order chi connectivity index (χ0) is 15.0. The zero-order valence-electron chi connectivity index (χ0n) is 12.7. The van der Waals surface area contributed by atoms with Crippen LogP contribution in [0, 0.1) is 6.92 Å². The van der Waals surface area contributed by atoms with Crippen LogP contribution in [0.4, 0.5) is 5.69 Å². The Balaban J connectivity index is 0.00000176. The van der Waals surface area contributed by atoms with Gasteiger partial charge in [-0.15, -0.1) is 12.4 Å². The molecule has 6 heteroatoms. The van der Waals surface area contributed by atoms with Gasteiger partial charge in [0.25, 0.3) is 5.91 Å². The number of aryl methyl sites for hydroxylation is 1. The Bertz CT molecular complexity index is 587. The van der Waals surface area contributed by atoms with Gasteiger partial charge in [0.1, 0.15) is 6.04 Å². The molecular formula is C16H22ClN3O2. The fourth-order valence-corrected chi connectivity index (χ4v) is 2.83. The molecule has 1 saturated carbocycles. The van der Waals surface area contributed by atoms with Crippen molar-refractivity contribution in [3.8, 4) is 0 Å². The average Bonchev–Trinajstić information content (AvgIpc) is 3.13. The molecule has 1 aromatic carbocycles. The predicted octanol–water partition coefficient (Wildman–Crippen LogP) is 1.88. The summed E-state index contributed by atoms with van der Waals surface area (Å²) in [6, 6.07) is 5.32. The van der Waals surface area contributed by atoms with Gasteiger partial charge in [-0.3, -0.25) is 9.59 Å². The summed E-state index contributed by atoms with van der Waals surface area (Å²) in [6.07, 6.45) is 3.73. The Morgan fingerprint density at radius 3 is 2.68 bits per heavy atom. The van der Waals surface area contributed by atoms with E-state index < -0.39 is 0 Å². The molecule has 2 fully saturated rings. The van der Waals surface area contributed by atoms with Crippen LogP contribution in [0.15, 0.2) is 18.2 Å². The molecule has 5 nitrogen and oxygen atoms in total.